The molecule has 34 heavy (non-hydrogen) atoms. The van der Waals surface area contributed by atoms with E-state index < -0.39 is 6.10 Å². The lowest BCUT2D eigenvalue weighted by molar-refractivity contribution is -0.129. The fourth-order valence-electron chi connectivity index (χ4n) is 4.34. The Labute approximate surface area is 200 Å². The Kier molecular flexibility index (Phi) is 9.10. The smallest absolute Gasteiger partial charge is 0.293 e. The lowest BCUT2D eigenvalue weighted by atomic mass is 9.91. The summed E-state index contributed by atoms with van der Waals surface area (Å²) >= 11 is 0. The summed E-state index contributed by atoms with van der Waals surface area (Å²) in [5.74, 6) is -0.195. The molecular formula is C27H35FN2O4. The largest absolute Gasteiger partial charge is 0.463 e. The number of hydrogen-bond donors (Lipinski definition) is 1. The van der Waals surface area contributed by atoms with Gasteiger partial charge >= 0.3 is 0 Å². The number of aryl methyl sites for hydroxylation is 1. The summed E-state index contributed by atoms with van der Waals surface area (Å²) in [7, 11) is 0. The van der Waals surface area contributed by atoms with Crippen molar-refractivity contribution < 1.29 is 19.0 Å². The van der Waals surface area contributed by atoms with Gasteiger partial charge in [-0.05, 0) is 48.6 Å². The second-order valence-corrected chi connectivity index (χ2v) is 8.06. The van der Waals surface area contributed by atoms with Crippen molar-refractivity contribution in [1.29, 1.82) is 0 Å². The number of carbonyl (C=O) groups excluding carboxylic acids is 1. The summed E-state index contributed by atoms with van der Waals surface area (Å²) in [5.41, 5.74) is 4.54. The number of fused-ring (bicyclic) bond motifs is 4. The number of pyridine rings is 2. The molecule has 0 fully saturated rings. The van der Waals surface area contributed by atoms with E-state index in [1.54, 1.807) is 24.5 Å². The molecule has 3 aromatic rings. The molecule has 4 rings (SSSR count). The highest BCUT2D eigenvalue weighted by molar-refractivity contribution is 5.89. The molecule has 0 aliphatic carbocycles. The Bertz CT molecular complexity index is 1250. The summed E-state index contributed by atoms with van der Waals surface area (Å²) in [5, 5.41) is 11.1. The van der Waals surface area contributed by atoms with Crippen LogP contribution < -0.4 is 5.56 Å². The number of aromatic nitrogens is 2. The number of halogens is 1. The zero-order valence-electron chi connectivity index (χ0n) is 21.3. The van der Waals surface area contributed by atoms with Gasteiger partial charge in [-0.1, -0.05) is 41.5 Å². The first-order valence-electron chi connectivity index (χ1n) is 11.9. The van der Waals surface area contributed by atoms with Crippen molar-refractivity contribution in [3.05, 3.63) is 62.2 Å². The van der Waals surface area contributed by atoms with Crippen LogP contribution in [0.5, 0.6) is 0 Å². The van der Waals surface area contributed by atoms with E-state index in [0.29, 0.717) is 34.6 Å². The van der Waals surface area contributed by atoms with Crippen molar-refractivity contribution in [3.63, 3.8) is 0 Å². The molecule has 1 atom stereocenters. The SMILES string of the molecule is CC.CC.Cc1cc2c(C(C)C)c3c(nc2cc1F)-c1cc(C(C)O)c(COC=O)c(=O)n1C3. The average molecular weight is 471 g/mol. The van der Waals surface area contributed by atoms with E-state index >= 15 is 0 Å². The fraction of sp³-hybridized carbons (Fsp3) is 0.444. The van der Waals surface area contributed by atoms with Crippen LogP contribution in [0.3, 0.4) is 0 Å². The summed E-state index contributed by atoms with van der Waals surface area (Å²) < 4.78 is 20.7. The number of hydrogen-bond acceptors (Lipinski definition) is 5. The zero-order valence-corrected chi connectivity index (χ0v) is 21.3. The monoisotopic (exact) mass is 470 g/mol. The van der Waals surface area contributed by atoms with Gasteiger partial charge in [-0.3, -0.25) is 9.59 Å². The third-order valence-electron chi connectivity index (χ3n) is 5.73. The molecule has 1 aliphatic rings. The van der Waals surface area contributed by atoms with Gasteiger partial charge < -0.3 is 14.4 Å². The lowest BCUT2D eigenvalue weighted by Gasteiger charge is -2.16. The Morgan fingerprint density at radius 2 is 1.82 bits per heavy atom. The third kappa shape index (κ3) is 4.75. The molecule has 2 aromatic heterocycles. The van der Waals surface area contributed by atoms with E-state index in [0.717, 1.165) is 16.5 Å². The van der Waals surface area contributed by atoms with Gasteiger partial charge in [0, 0.05) is 17.0 Å². The molecule has 184 valence electrons. The normalized spacial score (nSPS) is 12.2. The van der Waals surface area contributed by atoms with E-state index in [9.17, 15) is 19.1 Å². The van der Waals surface area contributed by atoms with Crippen LogP contribution in [0.4, 0.5) is 4.39 Å². The van der Waals surface area contributed by atoms with E-state index in [1.807, 2.05) is 33.8 Å². The summed E-state index contributed by atoms with van der Waals surface area (Å²) in [6, 6.07) is 4.96. The number of ether oxygens (including phenoxy) is 1. The molecule has 3 heterocycles. The number of carbonyl (C=O) groups is 1. The van der Waals surface area contributed by atoms with Crippen molar-refractivity contribution >= 4 is 17.4 Å². The van der Waals surface area contributed by atoms with Crippen molar-refractivity contribution in [2.24, 2.45) is 0 Å². The van der Waals surface area contributed by atoms with Gasteiger partial charge in [0.15, 0.2) is 0 Å². The van der Waals surface area contributed by atoms with Crippen LogP contribution >= 0.6 is 0 Å². The van der Waals surface area contributed by atoms with Crippen LogP contribution in [0.2, 0.25) is 0 Å². The van der Waals surface area contributed by atoms with E-state index in [1.165, 1.54) is 6.07 Å². The molecule has 0 spiro atoms. The number of nitrogens with zero attached hydrogens (tertiary/aromatic N) is 2. The molecule has 0 saturated heterocycles. The van der Waals surface area contributed by atoms with Gasteiger partial charge in [0.25, 0.3) is 12.0 Å². The van der Waals surface area contributed by atoms with Gasteiger partial charge in [0.2, 0.25) is 0 Å². The molecule has 0 radical (unpaired) electrons. The first-order valence-corrected chi connectivity index (χ1v) is 11.9. The molecule has 1 aromatic carbocycles. The zero-order chi connectivity index (χ0) is 25.7. The van der Waals surface area contributed by atoms with E-state index in [-0.39, 0.29) is 35.9 Å². The van der Waals surface area contributed by atoms with Crippen LogP contribution in [-0.4, -0.2) is 21.1 Å². The molecular weight excluding hydrogens is 435 g/mol. The molecule has 0 saturated carbocycles. The van der Waals surface area contributed by atoms with Gasteiger partial charge in [0.05, 0.1) is 35.1 Å². The highest BCUT2D eigenvalue weighted by atomic mass is 19.1. The summed E-state index contributed by atoms with van der Waals surface area (Å²) in [4.78, 5) is 28.6. The standard InChI is InChI=1S/C23H23FN2O4.2C2H6/c1-11(2)21-15-5-12(3)18(24)7-19(15)25-22-16(21)8-26-20(22)6-14(13(4)28)17(23(26)29)9-30-10-27;2*1-2/h5-7,10-11,13,28H,8-9H2,1-4H3;2*1-2H3. The van der Waals surface area contributed by atoms with Crippen molar-refractivity contribution in [2.75, 3.05) is 0 Å². The number of benzene rings is 1. The molecule has 0 bridgehead atoms. The summed E-state index contributed by atoms with van der Waals surface area (Å²) in [6.45, 7) is 15.8. The van der Waals surface area contributed by atoms with Crippen LogP contribution in [-0.2, 0) is 22.7 Å². The Hall–Kier alpha value is -3.06. The topological polar surface area (TPSA) is 81.4 Å². The molecule has 1 N–H and O–H groups in total. The molecule has 6 nitrogen and oxygen atoms in total. The third-order valence-corrected chi connectivity index (χ3v) is 5.73. The van der Waals surface area contributed by atoms with Crippen LogP contribution in [0.1, 0.15) is 88.3 Å². The second-order valence-electron chi connectivity index (χ2n) is 8.06. The maximum absolute atomic E-state index is 14.3. The predicted octanol–water partition coefficient (Wildman–Crippen LogP) is 5.77. The highest BCUT2D eigenvalue weighted by Crippen LogP contribution is 2.40. The van der Waals surface area contributed by atoms with Gasteiger partial charge in [-0.2, -0.15) is 0 Å². The minimum atomic E-state index is -0.928. The minimum Gasteiger partial charge on any atom is -0.463 e. The van der Waals surface area contributed by atoms with Gasteiger partial charge in [-0.25, -0.2) is 9.37 Å². The lowest BCUT2D eigenvalue weighted by Crippen LogP contribution is -2.26. The molecule has 7 heteroatoms. The van der Waals surface area contributed by atoms with E-state index in [4.69, 9.17) is 9.72 Å². The Morgan fingerprint density at radius 1 is 1.18 bits per heavy atom. The van der Waals surface area contributed by atoms with Crippen LogP contribution in [0, 0.1) is 12.7 Å². The fourth-order valence-corrected chi connectivity index (χ4v) is 4.34. The number of rotatable bonds is 5. The first-order chi connectivity index (χ1) is 16.2. The van der Waals surface area contributed by atoms with Crippen molar-refractivity contribution in [3.8, 4) is 11.4 Å². The molecule has 1 unspecified atom stereocenters. The predicted molar refractivity (Wildman–Crippen MR) is 134 cm³/mol. The second kappa shape index (κ2) is 11.4. The summed E-state index contributed by atoms with van der Waals surface area (Å²) in [6.07, 6.45) is -0.928. The van der Waals surface area contributed by atoms with Crippen molar-refractivity contribution in [2.45, 2.75) is 80.6 Å². The van der Waals surface area contributed by atoms with Crippen LogP contribution in [0.25, 0.3) is 22.3 Å². The Balaban J connectivity index is 0.000000970. The molecule has 1 aliphatic heterocycles. The molecule has 0 amide bonds. The first kappa shape index (κ1) is 27.2. The quantitative estimate of drug-likeness (QED) is 0.374. The maximum Gasteiger partial charge on any atom is 0.293 e. The van der Waals surface area contributed by atoms with Gasteiger partial charge in [-0.15, -0.1) is 0 Å². The van der Waals surface area contributed by atoms with Gasteiger partial charge in [0.1, 0.15) is 12.4 Å². The maximum atomic E-state index is 14.3. The van der Waals surface area contributed by atoms with E-state index in [2.05, 4.69) is 13.8 Å². The minimum absolute atomic E-state index is 0.133. The van der Waals surface area contributed by atoms with Crippen LogP contribution in [0.15, 0.2) is 23.0 Å². The Morgan fingerprint density at radius 3 is 2.38 bits per heavy atom. The number of aliphatic hydroxyl groups excluding tert-OH is 1. The average Bonchev–Trinajstić information content (AvgIpc) is 3.18. The number of aliphatic hydroxyl groups is 1. The van der Waals surface area contributed by atoms with Crippen molar-refractivity contribution in [1.82, 2.24) is 9.55 Å². The highest BCUT2D eigenvalue weighted by Gasteiger charge is 2.30.